The maximum absolute atomic E-state index is 11.8. The quantitative estimate of drug-likeness (QED) is 0.771. The van der Waals surface area contributed by atoms with Crippen molar-refractivity contribution in [3.05, 3.63) is 11.5 Å². The van der Waals surface area contributed by atoms with E-state index in [1.807, 2.05) is 0 Å². The summed E-state index contributed by atoms with van der Waals surface area (Å²) in [6.07, 6.45) is 1.66. The largest absolute Gasteiger partial charge is 0.396 e. The monoisotopic (exact) mass is 256 g/mol. The normalized spacial score (nSPS) is 19.8. The number of hydrogen-bond donors (Lipinski definition) is 2. The molecule has 1 fully saturated rings. The average molecular weight is 257 g/mol. The third-order valence-corrected chi connectivity index (χ3v) is 3.02. The maximum atomic E-state index is 11.8. The van der Waals surface area contributed by atoms with Crippen LogP contribution in [-0.4, -0.2) is 41.2 Å². The van der Waals surface area contributed by atoms with Gasteiger partial charge in [-0.15, -0.1) is 0 Å². The number of aliphatic hydroxyl groups excluding tert-OH is 1. The first-order valence-electron chi connectivity index (χ1n) is 5.26. The molecule has 0 aliphatic carbocycles. The minimum Gasteiger partial charge on any atom is -0.396 e. The lowest BCUT2D eigenvalue weighted by atomic mass is 10.1. The molecule has 0 spiro atoms. The smallest absolute Gasteiger partial charge is 0.227 e. The molecule has 7 heteroatoms. The van der Waals surface area contributed by atoms with Gasteiger partial charge in [0, 0.05) is 32.5 Å². The van der Waals surface area contributed by atoms with Gasteiger partial charge in [0.1, 0.15) is 12.0 Å². The topological polar surface area (TPSA) is 78.3 Å². The summed E-state index contributed by atoms with van der Waals surface area (Å²) in [6.45, 7) is 0.430. The number of aromatic nitrogens is 2. The number of nitrogens with one attached hydrogen (secondary N) is 1. The number of nitrogens with zero attached hydrogens (tertiary/aromatic N) is 3. The Labute approximate surface area is 104 Å². The lowest BCUT2D eigenvalue weighted by Crippen LogP contribution is -2.26. The van der Waals surface area contributed by atoms with E-state index in [9.17, 15) is 4.79 Å². The van der Waals surface area contributed by atoms with Crippen LogP contribution in [0.2, 0.25) is 5.15 Å². The third kappa shape index (κ3) is 2.18. The van der Waals surface area contributed by atoms with E-state index in [0.29, 0.717) is 24.5 Å². The number of rotatable bonds is 3. The molecule has 0 bridgehead atoms. The van der Waals surface area contributed by atoms with E-state index in [1.165, 1.54) is 11.2 Å². The molecule has 1 aliphatic heterocycles. The summed E-state index contributed by atoms with van der Waals surface area (Å²) in [5.41, 5.74) is 0.484. The Hall–Kier alpha value is -1.40. The van der Waals surface area contributed by atoms with Crippen molar-refractivity contribution in [2.24, 2.45) is 5.92 Å². The predicted molar refractivity (Wildman–Crippen MR) is 64.1 cm³/mol. The van der Waals surface area contributed by atoms with Gasteiger partial charge in [-0.3, -0.25) is 4.79 Å². The standard InChI is InChI=1S/C10H13ClN4O2/c1-12-10-8(9(11)13-5-14-10)15-3-6(4-16)2-7(15)17/h5-6,16H,2-4H2,1H3,(H,12,13,14). The molecule has 2 heterocycles. The molecule has 92 valence electrons. The average Bonchev–Trinajstić information content (AvgIpc) is 2.70. The molecule has 1 aliphatic rings. The van der Waals surface area contributed by atoms with Crippen LogP contribution in [0.15, 0.2) is 6.33 Å². The van der Waals surface area contributed by atoms with Crippen LogP contribution in [0.5, 0.6) is 0 Å². The minimum absolute atomic E-state index is 0.0115. The van der Waals surface area contributed by atoms with Crippen molar-refractivity contribution in [2.45, 2.75) is 6.42 Å². The van der Waals surface area contributed by atoms with Crippen molar-refractivity contribution in [1.82, 2.24) is 9.97 Å². The highest BCUT2D eigenvalue weighted by Crippen LogP contribution is 2.34. The molecule has 1 aromatic heterocycles. The Morgan fingerprint density at radius 3 is 3.00 bits per heavy atom. The Morgan fingerprint density at radius 2 is 2.41 bits per heavy atom. The summed E-state index contributed by atoms with van der Waals surface area (Å²) in [5, 5.41) is 12.2. The second-order valence-electron chi connectivity index (χ2n) is 3.87. The molecule has 1 atom stereocenters. The lowest BCUT2D eigenvalue weighted by molar-refractivity contribution is -0.117. The SMILES string of the molecule is CNc1ncnc(Cl)c1N1CC(CO)CC1=O. The summed E-state index contributed by atoms with van der Waals surface area (Å²) in [7, 11) is 1.70. The van der Waals surface area contributed by atoms with Crippen LogP contribution in [0.3, 0.4) is 0 Å². The zero-order valence-electron chi connectivity index (χ0n) is 9.35. The van der Waals surface area contributed by atoms with E-state index in [2.05, 4.69) is 15.3 Å². The van der Waals surface area contributed by atoms with Crippen molar-refractivity contribution in [3.8, 4) is 0 Å². The van der Waals surface area contributed by atoms with Crippen molar-refractivity contribution in [1.29, 1.82) is 0 Å². The number of amides is 1. The number of carbonyl (C=O) groups is 1. The van der Waals surface area contributed by atoms with Gasteiger partial charge >= 0.3 is 0 Å². The Balaban J connectivity index is 2.37. The van der Waals surface area contributed by atoms with Crippen molar-refractivity contribution in [3.63, 3.8) is 0 Å². The fourth-order valence-corrected chi connectivity index (χ4v) is 2.13. The molecule has 1 saturated heterocycles. The molecule has 1 aromatic rings. The number of halogens is 1. The third-order valence-electron chi connectivity index (χ3n) is 2.75. The molecular formula is C10H13ClN4O2. The molecule has 0 saturated carbocycles. The molecule has 1 unspecified atom stereocenters. The fraction of sp³-hybridized carbons (Fsp3) is 0.500. The van der Waals surface area contributed by atoms with Crippen molar-refractivity contribution >= 4 is 29.0 Å². The first-order valence-corrected chi connectivity index (χ1v) is 5.64. The molecule has 0 radical (unpaired) electrons. The summed E-state index contributed by atoms with van der Waals surface area (Å²) in [6, 6.07) is 0. The number of aliphatic hydroxyl groups is 1. The Bertz CT molecular complexity index is 440. The second-order valence-corrected chi connectivity index (χ2v) is 4.23. The zero-order chi connectivity index (χ0) is 12.4. The molecule has 0 aromatic carbocycles. The van der Waals surface area contributed by atoms with Crippen LogP contribution >= 0.6 is 11.6 Å². The first-order chi connectivity index (χ1) is 8.17. The summed E-state index contributed by atoms with van der Waals surface area (Å²) in [4.78, 5) is 21.3. The number of carbonyl (C=O) groups excluding carboxylic acids is 1. The summed E-state index contributed by atoms with van der Waals surface area (Å²) >= 11 is 6.00. The number of hydrogen-bond acceptors (Lipinski definition) is 5. The van der Waals surface area contributed by atoms with Gasteiger partial charge in [0.15, 0.2) is 11.0 Å². The number of anilines is 2. The van der Waals surface area contributed by atoms with Gasteiger partial charge in [-0.1, -0.05) is 11.6 Å². The van der Waals surface area contributed by atoms with Gasteiger partial charge in [-0.05, 0) is 0 Å². The van der Waals surface area contributed by atoms with Crippen LogP contribution in [0.1, 0.15) is 6.42 Å². The highest BCUT2D eigenvalue weighted by atomic mass is 35.5. The van der Waals surface area contributed by atoms with Crippen LogP contribution in [0.25, 0.3) is 0 Å². The van der Waals surface area contributed by atoms with Crippen LogP contribution in [0, 0.1) is 5.92 Å². The van der Waals surface area contributed by atoms with E-state index in [0.717, 1.165) is 0 Å². The molecule has 2 N–H and O–H groups in total. The van der Waals surface area contributed by atoms with Gasteiger partial charge in [0.05, 0.1) is 0 Å². The molecule has 6 nitrogen and oxygen atoms in total. The molecular weight excluding hydrogens is 244 g/mol. The van der Waals surface area contributed by atoms with Crippen LogP contribution < -0.4 is 10.2 Å². The van der Waals surface area contributed by atoms with Crippen LogP contribution in [0.4, 0.5) is 11.5 Å². The van der Waals surface area contributed by atoms with E-state index < -0.39 is 0 Å². The van der Waals surface area contributed by atoms with Crippen molar-refractivity contribution < 1.29 is 9.90 Å². The van der Waals surface area contributed by atoms with Gasteiger partial charge in [0.2, 0.25) is 5.91 Å². The van der Waals surface area contributed by atoms with E-state index in [1.54, 1.807) is 7.05 Å². The van der Waals surface area contributed by atoms with E-state index >= 15 is 0 Å². The summed E-state index contributed by atoms with van der Waals surface area (Å²) in [5.74, 6) is 0.387. The Kier molecular flexibility index (Phi) is 3.44. The molecule has 1 amide bonds. The Morgan fingerprint density at radius 1 is 1.65 bits per heavy atom. The van der Waals surface area contributed by atoms with Gasteiger partial charge < -0.3 is 15.3 Å². The minimum atomic E-state index is -0.0720. The van der Waals surface area contributed by atoms with Gasteiger partial charge in [0.25, 0.3) is 0 Å². The predicted octanol–water partition coefficient (Wildman–Crippen LogP) is 0.517. The zero-order valence-corrected chi connectivity index (χ0v) is 10.1. The van der Waals surface area contributed by atoms with E-state index in [-0.39, 0.29) is 23.6 Å². The maximum Gasteiger partial charge on any atom is 0.227 e. The molecule has 2 rings (SSSR count). The van der Waals surface area contributed by atoms with Gasteiger partial charge in [-0.2, -0.15) is 0 Å². The lowest BCUT2D eigenvalue weighted by Gasteiger charge is -2.19. The summed E-state index contributed by atoms with van der Waals surface area (Å²) < 4.78 is 0. The van der Waals surface area contributed by atoms with Crippen LogP contribution in [-0.2, 0) is 4.79 Å². The highest BCUT2D eigenvalue weighted by molar-refractivity contribution is 6.33. The second kappa shape index (κ2) is 4.85. The highest BCUT2D eigenvalue weighted by Gasteiger charge is 2.33. The first kappa shape index (κ1) is 12.1. The van der Waals surface area contributed by atoms with Gasteiger partial charge in [-0.25, -0.2) is 9.97 Å². The van der Waals surface area contributed by atoms with Crippen molar-refractivity contribution in [2.75, 3.05) is 30.4 Å². The van der Waals surface area contributed by atoms with E-state index in [4.69, 9.17) is 16.7 Å². The fourth-order valence-electron chi connectivity index (χ4n) is 1.90. The molecule has 17 heavy (non-hydrogen) atoms.